The zero-order valence-corrected chi connectivity index (χ0v) is 12.8. The summed E-state index contributed by atoms with van der Waals surface area (Å²) in [4.78, 5) is 11.7. The first-order valence-corrected chi connectivity index (χ1v) is 7.46. The third-order valence-corrected chi connectivity index (χ3v) is 3.77. The molecule has 0 saturated heterocycles. The quantitative estimate of drug-likeness (QED) is 0.754. The third-order valence-electron chi connectivity index (χ3n) is 3.77. The fourth-order valence-corrected chi connectivity index (χ4v) is 2.86. The predicted octanol–water partition coefficient (Wildman–Crippen LogP) is 2.64. The van der Waals surface area contributed by atoms with Gasteiger partial charge in [0.05, 0.1) is 18.8 Å². The molecule has 4 atom stereocenters. The minimum Gasteiger partial charge on any atom is -0.465 e. The fraction of sp³-hybridized carbons (Fsp3) is 0.933. The van der Waals surface area contributed by atoms with Crippen LogP contribution in [0.2, 0.25) is 0 Å². The van der Waals surface area contributed by atoms with Gasteiger partial charge in [-0.15, -0.1) is 0 Å². The molecule has 2 N–H and O–H groups in total. The lowest BCUT2D eigenvalue weighted by Crippen LogP contribution is -2.49. The van der Waals surface area contributed by atoms with Gasteiger partial charge in [-0.1, -0.05) is 19.8 Å². The average molecular weight is 271 g/mol. The summed E-state index contributed by atoms with van der Waals surface area (Å²) in [5, 5.41) is 0. The number of carbonyl (C=O) groups is 1. The molecule has 1 rings (SSSR count). The van der Waals surface area contributed by atoms with Gasteiger partial charge in [0.1, 0.15) is 5.54 Å². The lowest BCUT2D eigenvalue weighted by atomic mass is 9.88. The van der Waals surface area contributed by atoms with E-state index >= 15 is 0 Å². The van der Waals surface area contributed by atoms with E-state index in [2.05, 4.69) is 6.92 Å². The predicted molar refractivity (Wildman–Crippen MR) is 75.8 cm³/mol. The molecule has 19 heavy (non-hydrogen) atoms. The van der Waals surface area contributed by atoms with Gasteiger partial charge < -0.3 is 15.2 Å². The second-order valence-corrected chi connectivity index (χ2v) is 6.18. The van der Waals surface area contributed by atoms with Gasteiger partial charge in [0.25, 0.3) is 0 Å². The van der Waals surface area contributed by atoms with E-state index in [9.17, 15) is 4.79 Å². The van der Waals surface area contributed by atoms with Crippen molar-refractivity contribution in [3.05, 3.63) is 0 Å². The lowest BCUT2D eigenvalue weighted by molar-refractivity contribution is -0.151. The molecule has 0 bridgehead atoms. The van der Waals surface area contributed by atoms with Crippen LogP contribution in [0.1, 0.15) is 59.8 Å². The van der Waals surface area contributed by atoms with Gasteiger partial charge in [-0.2, -0.15) is 0 Å². The second-order valence-electron chi connectivity index (χ2n) is 6.18. The molecular weight excluding hydrogens is 242 g/mol. The average Bonchev–Trinajstić information content (AvgIpc) is 2.28. The Morgan fingerprint density at radius 3 is 2.74 bits per heavy atom. The van der Waals surface area contributed by atoms with E-state index < -0.39 is 5.54 Å². The third kappa shape index (κ3) is 5.49. The highest BCUT2D eigenvalue weighted by atomic mass is 16.5. The van der Waals surface area contributed by atoms with Gasteiger partial charge in [-0.25, -0.2) is 0 Å². The lowest BCUT2D eigenvalue weighted by Gasteiger charge is -2.32. The van der Waals surface area contributed by atoms with E-state index in [1.807, 2.05) is 6.92 Å². The van der Waals surface area contributed by atoms with Gasteiger partial charge in [-0.05, 0) is 39.5 Å². The first-order valence-electron chi connectivity index (χ1n) is 7.46. The van der Waals surface area contributed by atoms with Crippen LogP contribution in [0.4, 0.5) is 0 Å². The first kappa shape index (κ1) is 16.4. The van der Waals surface area contributed by atoms with E-state index in [4.69, 9.17) is 15.2 Å². The van der Waals surface area contributed by atoms with E-state index in [0.29, 0.717) is 19.1 Å². The van der Waals surface area contributed by atoms with E-state index in [-0.39, 0.29) is 12.1 Å². The molecule has 0 aliphatic heterocycles. The fourth-order valence-electron chi connectivity index (χ4n) is 2.86. The Bertz CT molecular complexity index is 291. The number of rotatable bonds is 6. The summed E-state index contributed by atoms with van der Waals surface area (Å²) in [7, 11) is 0. The van der Waals surface area contributed by atoms with E-state index in [1.54, 1.807) is 13.8 Å². The monoisotopic (exact) mass is 271 g/mol. The van der Waals surface area contributed by atoms with Gasteiger partial charge in [0.15, 0.2) is 0 Å². The van der Waals surface area contributed by atoms with E-state index in [1.165, 1.54) is 12.8 Å². The van der Waals surface area contributed by atoms with Crippen LogP contribution in [0.5, 0.6) is 0 Å². The Labute approximate surface area is 117 Å². The molecule has 1 fully saturated rings. The molecule has 0 radical (unpaired) electrons. The van der Waals surface area contributed by atoms with Crippen molar-refractivity contribution in [2.75, 3.05) is 6.61 Å². The van der Waals surface area contributed by atoms with Gasteiger partial charge in [-0.3, -0.25) is 4.79 Å². The number of esters is 1. The topological polar surface area (TPSA) is 61.5 Å². The minimum atomic E-state index is -0.963. The highest BCUT2D eigenvalue weighted by molar-refractivity contribution is 5.80. The van der Waals surface area contributed by atoms with Crippen molar-refractivity contribution < 1.29 is 14.3 Å². The molecule has 0 spiro atoms. The van der Waals surface area contributed by atoms with Crippen LogP contribution in [-0.2, 0) is 14.3 Å². The molecule has 4 nitrogen and oxygen atoms in total. The van der Waals surface area contributed by atoms with E-state index in [0.717, 1.165) is 18.8 Å². The Morgan fingerprint density at radius 2 is 2.16 bits per heavy atom. The molecule has 1 aliphatic carbocycles. The molecule has 0 aromatic heterocycles. The number of hydrogen-bond acceptors (Lipinski definition) is 4. The van der Waals surface area contributed by atoms with Crippen LogP contribution < -0.4 is 5.73 Å². The molecule has 0 heterocycles. The zero-order valence-electron chi connectivity index (χ0n) is 12.8. The summed E-state index contributed by atoms with van der Waals surface area (Å²) < 4.78 is 11.0. The summed E-state index contributed by atoms with van der Waals surface area (Å²) in [6.45, 7) is 8.13. The van der Waals surface area contributed by atoms with Crippen molar-refractivity contribution in [2.24, 2.45) is 11.7 Å². The first-order chi connectivity index (χ1) is 8.85. The summed E-state index contributed by atoms with van der Waals surface area (Å²) in [5.74, 6) is 0.391. The number of ether oxygens (including phenoxy) is 2. The van der Waals surface area contributed by atoms with Crippen molar-refractivity contribution in [3.63, 3.8) is 0 Å². The standard InChI is InChI=1S/C15H29NO3/c1-5-18-14(17)15(4,16)10-12(3)19-13-8-6-7-11(2)9-13/h11-13H,5-10,16H2,1-4H3. The maximum Gasteiger partial charge on any atom is 0.325 e. The van der Waals surface area contributed by atoms with Gasteiger partial charge in [0.2, 0.25) is 0 Å². The zero-order chi connectivity index (χ0) is 14.5. The highest BCUT2D eigenvalue weighted by Gasteiger charge is 2.33. The second kappa shape index (κ2) is 7.25. The van der Waals surface area contributed by atoms with Crippen molar-refractivity contribution in [2.45, 2.75) is 77.5 Å². The normalized spacial score (nSPS) is 28.5. The summed E-state index contributed by atoms with van der Waals surface area (Å²) in [6, 6.07) is 0. The minimum absolute atomic E-state index is 0.0188. The number of carbonyl (C=O) groups excluding carboxylic acids is 1. The molecule has 1 aliphatic rings. The summed E-state index contributed by atoms with van der Waals surface area (Å²) in [6.07, 6.45) is 5.56. The smallest absolute Gasteiger partial charge is 0.325 e. The van der Waals surface area contributed by atoms with Gasteiger partial charge >= 0.3 is 5.97 Å². The van der Waals surface area contributed by atoms with Crippen molar-refractivity contribution >= 4 is 5.97 Å². The molecule has 4 heteroatoms. The van der Waals surface area contributed by atoms with Crippen LogP contribution in [-0.4, -0.2) is 30.3 Å². The largest absolute Gasteiger partial charge is 0.465 e. The Kier molecular flexibility index (Phi) is 6.27. The Morgan fingerprint density at radius 1 is 1.47 bits per heavy atom. The number of hydrogen-bond donors (Lipinski definition) is 1. The van der Waals surface area contributed by atoms with Gasteiger partial charge in [0, 0.05) is 6.42 Å². The van der Waals surface area contributed by atoms with Crippen LogP contribution in [0.3, 0.4) is 0 Å². The van der Waals surface area contributed by atoms with Crippen LogP contribution in [0.25, 0.3) is 0 Å². The maximum atomic E-state index is 11.7. The van der Waals surface area contributed by atoms with Crippen molar-refractivity contribution in [3.8, 4) is 0 Å². The molecule has 0 amide bonds. The molecule has 1 saturated carbocycles. The highest BCUT2D eigenvalue weighted by Crippen LogP contribution is 2.27. The Hall–Kier alpha value is -0.610. The van der Waals surface area contributed by atoms with Crippen molar-refractivity contribution in [1.82, 2.24) is 0 Å². The summed E-state index contributed by atoms with van der Waals surface area (Å²) in [5.41, 5.74) is 5.06. The molecular formula is C15H29NO3. The Balaban J connectivity index is 2.41. The maximum absolute atomic E-state index is 11.7. The van der Waals surface area contributed by atoms with Crippen LogP contribution in [0, 0.1) is 5.92 Å². The SMILES string of the molecule is CCOC(=O)C(C)(N)CC(C)OC1CCCC(C)C1. The summed E-state index contributed by atoms with van der Waals surface area (Å²) >= 11 is 0. The molecule has 0 aromatic rings. The molecule has 112 valence electrons. The van der Waals surface area contributed by atoms with Crippen molar-refractivity contribution in [1.29, 1.82) is 0 Å². The van der Waals surface area contributed by atoms with Crippen LogP contribution >= 0.6 is 0 Å². The number of nitrogens with two attached hydrogens (primary N) is 1. The molecule has 4 unspecified atom stereocenters. The van der Waals surface area contributed by atoms with Crippen LogP contribution in [0.15, 0.2) is 0 Å². The molecule has 0 aromatic carbocycles.